The first-order valence-corrected chi connectivity index (χ1v) is 14.2. The van der Waals surface area contributed by atoms with E-state index in [1.807, 2.05) is 62.1 Å². The Morgan fingerprint density at radius 1 is 0.929 bits per heavy atom. The fourth-order valence-corrected chi connectivity index (χ4v) is 5.64. The van der Waals surface area contributed by atoms with Crippen LogP contribution in [0.2, 0.25) is 5.02 Å². The van der Waals surface area contributed by atoms with Gasteiger partial charge in [-0.3, -0.25) is 9.59 Å². The van der Waals surface area contributed by atoms with Gasteiger partial charge < -0.3 is 24.0 Å². The molecule has 1 aromatic heterocycles. The van der Waals surface area contributed by atoms with Crippen LogP contribution in [-0.2, 0) is 13.1 Å². The van der Waals surface area contributed by atoms with E-state index >= 15 is 0 Å². The zero-order valence-electron chi connectivity index (χ0n) is 24.2. The average molecular weight is 589 g/mol. The molecule has 1 aliphatic heterocycles. The molecular weight excluding hydrogens is 555 g/mol. The fraction of sp³-hybridized carbons (Fsp3) is 0.273. The Labute approximate surface area is 250 Å². The molecule has 3 aromatic carbocycles. The zero-order valence-corrected chi connectivity index (χ0v) is 25.0. The van der Waals surface area contributed by atoms with E-state index in [1.165, 1.54) is 19.2 Å². The van der Waals surface area contributed by atoms with Crippen molar-refractivity contribution in [2.75, 3.05) is 46.2 Å². The summed E-state index contributed by atoms with van der Waals surface area (Å²) < 4.78 is 22.2. The number of ether oxygens (including phenoxy) is 1. The molecule has 4 aromatic rings. The Hall–Kier alpha value is -4.14. The predicted octanol–water partition coefficient (Wildman–Crippen LogP) is 6.19. The lowest BCUT2D eigenvalue weighted by atomic mass is 10.0. The van der Waals surface area contributed by atoms with Gasteiger partial charge in [0.25, 0.3) is 11.8 Å². The third-order valence-corrected chi connectivity index (χ3v) is 7.91. The summed E-state index contributed by atoms with van der Waals surface area (Å²) in [7, 11) is 7.32. The van der Waals surface area contributed by atoms with Gasteiger partial charge in [0.1, 0.15) is 17.3 Å². The normalized spacial score (nSPS) is 12.5. The lowest BCUT2D eigenvalue weighted by Gasteiger charge is -2.24. The number of hydrogen-bond acceptors (Lipinski definition) is 4. The number of nitrogens with zero attached hydrogens (tertiary/aromatic N) is 4. The first kappa shape index (κ1) is 29.4. The van der Waals surface area contributed by atoms with Crippen LogP contribution in [-0.4, -0.2) is 67.5 Å². The van der Waals surface area contributed by atoms with E-state index in [4.69, 9.17) is 16.3 Å². The number of hydrogen-bond donors (Lipinski definition) is 0. The van der Waals surface area contributed by atoms with Crippen LogP contribution in [0.5, 0.6) is 5.75 Å². The lowest BCUT2D eigenvalue weighted by Crippen LogP contribution is -2.32. The summed E-state index contributed by atoms with van der Waals surface area (Å²) >= 11 is 6.64. The highest BCUT2D eigenvalue weighted by molar-refractivity contribution is 6.34. The van der Waals surface area contributed by atoms with Crippen molar-refractivity contribution in [2.24, 2.45) is 0 Å². The van der Waals surface area contributed by atoms with Gasteiger partial charge in [0.2, 0.25) is 0 Å². The number of para-hydroxylation sites is 1. The van der Waals surface area contributed by atoms with Gasteiger partial charge in [-0.25, -0.2) is 4.39 Å². The predicted molar refractivity (Wildman–Crippen MR) is 164 cm³/mol. The Kier molecular flexibility index (Phi) is 8.66. The molecule has 0 fully saturated rings. The number of benzene rings is 3. The zero-order chi connectivity index (χ0) is 30.0. The monoisotopic (exact) mass is 588 g/mol. The molecule has 0 saturated carbocycles. The van der Waals surface area contributed by atoms with Crippen LogP contribution in [0.25, 0.3) is 11.1 Å². The van der Waals surface area contributed by atoms with Crippen molar-refractivity contribution in [1.82, 2.24) is 14.4 Å². The molecule has 0 radical (unpaired) electrons. The van der Waals surface area contributed by atoms with Gasteiger partial charge in [-0.05, 0) is 69.0 Å². The van der Waals surface area contributed by atoms with Crippen LogP contribution >= 0.6 is 11.6 Å². The summed E-state index contributed by atoms with van der Waals surface area (Å²) in [4.78, 5) is 33.2. The molecule has 0 saturated heterocycles. The molecule has 218 valence electrons. The number of methoxy groups -OCH3 is 1. The van der Waals surface area contributed by atoms with Gasteiger partial charge in [-0.2, -0.15) is 0 Å². The Morgan fingerprint density at radius 3 is 2.40 bits per heavy atom. The van der Waals surface area contributed by atoms with Gasteiger partial charge in [-0.1, -0.05) is 48.0 Å². The molecule has 1 aliphatic rings. The van der Waals surface area contributed by atoms with E-state index in [2.05, 4.69) is 4.90 Å². The maximum atomic E-state index is 14.6. The SMILES string of the molecule is COc1cc(-c2ccccc2F)c(Cl)cc1C(=O)N1Cc2ccc(C(=O)N(C)CCCN(C)C)n2Cc2ccccc21. The van der Waals surface area contributed by atoms with Gasteiger partial charge >= 0.3 is 0 Å². The Bertz CT molecular complexity index is 1630. The quantitative estimate of drug-likeness (QED) is 0.246. The number of fused-ring (bicyclic) bond motifs is 2. The molecule has 0 N–H and O–H groups in total. The van der Waals surface area contributed by atoms with E-state index in [0.29, 0.717) is 29.9 Å². The van der Waals surface area contributed by atoms with Crippen molar-refractivity contribution >= 4 is 29.1 Å². The van der Waals surface area contributed by atoms with E-state index in [-0.39, 0.29) is 34.7 Å². The Morgan fingerprint density at radius 2 is 1.67 bits per heavy atom. The van der Waals surface area contributed by atoms with Crippen LogP contribution in [0.4, 0.5) is 10.1 Å². The molecule has 0 spiro atoms. The minimum atomic E-state index is -0.420. The van der Waals surface area contributed by atoms with E-state index in [0.717, 1.165) is 29.9 Å². The summed E-state index contributed by atoms with van der Waals surface area (Å²) in [6, 6.07) is 20.9. The fourth-order valence-electron chi connectivity index (χ4n) is 5.37. The second-order valence-electron chi connectivity index (χ2n) is 10.7. The van der Waals surface area contributed by atoms with Crippen molar-refractivity contribution in [1.29, 1.82) is 0 Å². The second kappa shape index (κ2) is 12.4. The highest BCUT2D eigenvalue weighted by atomic mass is 35.5. The topological polar surface area (TPSA) is 58.0 Å². The molecular formula is C33H34ClFN4O3. The van der Waals surface area contributed by atoms with Crippen LogP contribution in [0, 0.1) is 5.82 Å². The maximum Gasteiger partial charge on any atom is 0.270 e. The number of rotatable bonds is 8. The molecule has 0 bridgehead atoms. The molecule has 2 heterocycles. The highest BCUT2D eigenvalue weighted by Crippen LogP contribution is 2.38. The molecule has 42 heavy (non-hydrogen) atoms. The summed E-state index contributed by atoms with van der Waals surface area (Å²) in [5.74, 6) is -0.509. The van der Waals surface area contributed by atoms with Crippen molar-refractivity contribution in [3.8, 4) is 16.9 Å². The molecule has 5 rings (SSSR count). The van der Waals surface area contributed by atoms with E-state index in [1.54, 1.807) is 34.1 Å². The summed E-state index contributed by atoms with van der Waals surface area (Å²) in [5, 5.41) is 0.237. The minimum Gasteiger partial charge on any atom is -0.496 e. The number of amides is 2. The standard InChI is InChI=1S/C33H34ClFN4O3/c1-36(2)16-9-17-37(3)33(41)30-15-14-23-21-39(29-13-8-5-10-22(29)20-38(23)30)32(40)26-18-27(34)25(19-31(26)42-4)24-11-6-7-12-28(24)35/h5-8,10-15,18-19H,9,16-17,20-21H2,1-4H3. The van der Waals surface area contributed by atoms with E-state index < -0.39 is 5.82 Å². The molecule has 0 aliphatic carbocycles. The van der Waals surface area contributed by atoms with Crippen LogP contribution < -0.4 is 9.64 Å². The average Bonchev–Trinajstić information content (AvgIpc) is 3.29. The van der Waals surface area contributed by atoms with Crippen molar-refractivity contribution < 1.29 is 18.7 Å². The number of anilines is 1. The summed E-state index contributed by atoms with van der Waals surface area (Å²) in [6.45, 7) is 2.22. The van der Waals surface area contributed by atoms with Crippen molar-refractivity contribution in [3.05, 3.63) is 106 Å². The van der Waals surface area contributed by atoms with Gasteiger partial charge in [0.15, 0.2) is 0 Å². The number of carbonyl (C=O) groups is 2. The molecule has 0 unspecified atom stereocenters. The van der Waals surface area contributed by atoms with Crippen molar-refractivity contribution in [2.45, 2.75) is 19.5 Å². The second-order valence-corrected chi connectivity index (χ2v) is 11.1. The van der Waals surface area contributed by atoms with Gasteiger partial charge in [-0.15, -0.1) is 0 Å². The number of aromatic nitrogens is 1. The smallest absolute Gasteiger partial charge is 0.270 e. The Balaban J connectivity index is 1.50. The van der Waals surface area contributed by atoms with Gasteiger partial charge in [0, 0.05) is 41.1 Å². The number of halogens is 2. The van der Waals surface area contributed by atoms with Crippen LogP contribution in [0.3, 0.4) is 0 Å². The van der Waals surface area contributed by atoms with Crippen molar-refractivity contribution in [3.63, 3.8) is 0 Å². The molecule has 9 heteroatoms. The first-order valence-electron chi connectivity index (χ1n) is 13.8. The molecule has 7 nitrogen and oxygen atoms in total. The first-order chi connectivity index (χ1) is 20.2. The maximum absolute atomic E-state index is 14.6. The third-order valence-electron chi connectivity index (χ3n) is 7.60. The largest absolute Gasteiger partial charge is 0.496 e. The van der Waals surface area contributed by atoms with E-state index in [9.17, 15) is 14.0 Å². The molecule has 2 amide bonds. The lowest BCUT2D eigenvalue weighted by molar-refractivity contribution is 0.0780. The molecule has 0 atom stereocenters. The van der Waals surface area contributed by atoms with Crippen LogP contribution in [0.1, 0.15) is 38.5 Å². The highest BCUT2D eigenvalue weighted by Gasteiger charge is 2.30. The van der Waals surface area contributed by atoms with Crippen LogP contribution in [0.15, 0.2) is 72.8 Å². The minimum absolute atomic E-state index is 0.0607. The summed E-state index contributed by atoms with van der Waals surface area (Å²) in [5.41, 5.74) is 4.06. The third kappa shape index (κ3) is 5.78. The summed E-state index contributed by atoms with van der Waals surface area (Å²) in [6.07, 6.45) is 0.869. The van der Waals surface area contributed by atoms with Gasteiger partial charge in [0.05, 0.1) is 25.8 Å². The number of carbonyl (C=O) groups excluding carboxylic acids is 2.